The van der Waals surface area contributed by atoms with Crippen LogP contribution in [0.2, 0.25) is 5.02 Å². The standard InChI is InChI=1S/C13H16ClN3O2S/c1-10-11(14)4-2-5-12(10)20(18,19)17-7-3-6-13-15-8-9-16-13/h2,4-5,8-9,17H,3,6-7H2,1H3,(H,15,16). The van der Waals surface area contributed by atoms with E-state index in [1.807, 2.05) is 0 Å². The van der Waals surface area contributed by atoms with Gasteiger partial charge in [-0.25, -0.2) is 18.1 Å². The Morgan fingerprint density at radius 3 is 2.90 bits per heavy atom. The van der Waals surface area contributed by atoms with E-state index >= 15 is 0 Å². The molecule has 0 saturated heterocycles. The first-order valence-corrected chi connectivity index (χ1v) is 8.10. The van der Waals surface area contributed by atoms with E-state index in [0.29, 0.717) is 30.0 Å². The SMILES string of the molecule is Cc1c(Cl)cccc1S(=O)(=O)NCCCc1ncc[nH]1. The predicted molar refractivity (Wildman–Crippen MR) is 78.3 cm³/mol. The lowest BCUT2D eigenvalue weighted by atomic mass is 10.2. The van der Waals surface area contributed by atoms with E-state index in [1.54, 1.807) is 37.5 Å². The summed E-state index contributed by atoms with van der Waals surface area (Å²) in [6.07, 6.45) is 4.79. The van der Waals surface area contributed by atoms with Crippen LogP contribution in [0, 0.1) is 6.92 Å². The summed E-state index contributed by atoms with van der Waals surface area (Å²) in [6, 6.07) is 4.86. The highest BCUT2D eigenvalue weighted by molar-refractivity contribution is 7.89. The second-order valence-corrected chi connectivity index (χ2v) is 6.54. The molecule has 7 heteroatoms. The molecule has 0 aliphatic heterocycles. The molecule has 0 saturated carbocycles. The highest BCUT2D eigenvalue weighted by Gasteiger charge is 2.17. The molecule has 0 aliphatic rings. The maximum absolute atomic E-state index is 12.2. The van der Waals surface area contributed by atoms with Gasteiger partial charge < -0.3 is 4.98 Å². The third kappa shape index (κ3) is 3.59. The molecule has 1 aromatic carbocycles. The molecule has 0 bridgehead atoms. The third-order valence-corrected chi connectivity index (χ3v) is 4.96. The summed E-state index contributed by atoms with van der Waals surface area (Å²) in [5.41, 5.74) is 0.563. The fourth-order valence-corrected chi connectivity index (χ4v) is 3.42. The Morgan fingerprint density at radius 2 is 2.20 bits per heavy atom. The van der Waals surface area contributed by atoms with Crippen molar-refractivity contribution in [1.29, 1.82) is 0 Å². The van der Waals surface area contributed by atoms with E-state index in [4.69, 9.17) is 11.6 Å². The quantitative estimate of drug-likeness (QED) is 0.803. The third-order valence-electron chi connectivity index (χ3n) is 2.94. The summed E-state index contributed by atoms with van der Waals surface area (Å²) in [4.78, 5) is 7.29. The van der Waals surface area contributed by atoms with Crippen LogP contribution >= 0.6 is 11.6 Å². The molecule has 0 radical (unpaired) electrons. The number of hydrogen-bond donors (Lipinski definition) is 2. The number of sulfonamides is 1. The van der Waals surface area contributed by atoms with Crippen molar-refractivity contribution >= 4 is 21.6 Å². The average molecular weight is 314 g/mol. The van der Waals surface area contributed by atoms with Crippen molar-refractivity contribution in [3.63, 3.8) is 0 Å². The first-order valence-electron chi connectivity index (χ1n) is 6.24. The van der Waals surface area contributed by atoms with Crippen LogP contribution in [0.3, 0.4) is 0 Å². The fraction of sp³-hybridized carbons (Fsp3) is 0.308. The number of benzene rings is 1. The van der Waals surface area contributed by atoms with Gasteiger partial charge in [0, 0.05) is 30.4 Å². The van der Waals surface area contributed by atoms with Crippen LogP contribution < -0.4 is 4.72 Å². The average Bonchev–Trinajstić information content (AvgIpc) is 2.91. The molecule has 0 fully saturated rings. The lowest BCUT2D eigenvalue weighted by Gasteiger charge is -2.09. The monoisotopic (exact) mass is 313 g/mol. The molecular formula is C13H16ClN3O2S. The highest BCUT2D eigenvalue weighted by atomic mass is 35.5. The van der Waals surface area contributed by atoms with Crippen LogP contribution in [0.1, 0.15) is 17.8 Å². The van der Waals surface area contributed by atoms with Gasteiger partial charge >= 0.3 is 0 Å². The summed E-state index contributed by atoms with van der Waals surface area (Å²) in [5, 5.41) is 0.448. The molecule has 2 N–H and O–H groups in total. The number of hydrogen-bond acceptors (Lipinski definition) is 3. The molecule has 0 amide bonds. The lowest BCUT2D eigenvalue weighted by molar-refractivity contribution is 0.577. The van der Waals surface area contributed by atoms with Gasteiger partial charge in [0.25, 0.3) is 0 Å². The van der Waals surface area contributed by atoms with Gasteiger partial charge in [-0.05, 0) is 31.0 Å². The number of H-pyrrole nitrogens is 1. The Balaban J connectivity index is 1.95. The van der Waals surface area contributed by atoms with Crippen LogP contribution in [0.4, 0.5) is 0 Å². The number of nitrogens with zero attached hydrogens (tertiary/aromatic N) is 1. The van der Waals surface area contributed by atoms with E-state index < -0.39 is 10.0 Å². The summed E-state index contributed by atoms with van der Waals surface area (Å²) < 4.78 is 26.9. The van der Waals surface area contributed by atoms with Crippen molar-refractivity contribution in [1.82, 2.24) is 14.7 Å². The van der Waals surface area contributed by atoms with Crippen molar-refractivity contribution in [3.8, 4) is 0 Å². The maximum Gasteiger partial charge on any atom is 0.240 e. The Kier molecular flexibility index (Phi) is 4.80. The molecule has 2 aromatic rings. The largest absolute Gasteiger partial charge is 0.349 e. The number of nitrogens with one attached hydrogen (secondary N) is 2. The Bertz CT molecular complexity index is 669. The zero-order valence-corrected chi connectivity index (χ0v) is 12.6. The van der Waals surface area contributed by atoms with Crippen LogP contribution in [-0.4, -0.2) is 24.9 Å². The van der Waals surface area contributed by atoms with E-state index in [0.717, 1.165) is 5.82 Å². The second kappa shape index (κ2) is 6.39. The van der Waals surface area contributed by atoms with Gasteiger partial charge in [0.05, 0.1) is 4.90 Å². The van der Waals surface area contributed by atoms with Gasteiger partial charge in [-0.1, -0.05) is 17.7 Å². The molecule has 0 unspecified atom stereocenters. The van der Waals surface area contributed by atoms with E-state index in [2.05, 4.69) is 14.7 Å². The van der Waals surface area contributed by atoms with Crippen molar-refractivity contribution in [2.24, 2.45) is 0 Å². The summed E-state index contributed by atoms with van der Waals surface area (Å²) in [7, 11) is -3.52. The normalized spacial score (nSPS) is 11.7. The Labute approximate surface area is 123 Å². The van der Waals surface area contributed by atoms with Crippen molar-refractivity contribution in [3.05, 3.63) is 47.0 Å². The zero-order valence-electron chi connectivity index (χ0n) is 11.1. The second-order valence-electron chi connectivity index (χ2n) is 4.40. The predicted octanol–water partition coefficient (Wildman–Crippen LogP) is 2.28. The van der Waals surface area contributed by atoms with Crippen molar-refractivity contribution in [2.75, 3.05) is 6.54 Å². The molecule has 0 aliphatic carbocycles. The topological polar surface area (TPSA) is 74.8 Å². The number of rotatable bonds is 6. The molecule has 1 heterocycles. The van der Waals surface area contributed by atoms with Crippen molar-refractivity contribution < 1.29 is 8.42 Å². The minimum absolute atomic E-state index is 0.225. The molecule has 5 nitrogen and oxygen atoms in total. The van der Waals surface area contributed by atoms with Crippen LogP contribution in [-0.2, 0) is 16.4 Å². The maximum atomic E-state index is 12.2. The number of imidazole rings is 1. The van der Waals surface area contributed by atoms with Gasteiger partial charge in [0.15, 0.2) is 0 Å². The van der Waals surface area contributed by atoms with E-state index in [9.17, 15) is 8.42 Å². The molecular weight excluding hydrogens is 298 g/mol. The van der Waals surface area contributed by atoms with Crippen LogP contribution in [0.25, 0.3) is 0 Å². The Hall–Kier alpha value is -1.37. The van der Waals surface area contributed by atoms with E-state index in [-0.39, 0.29) is 4.90 Å². The van der Waals surface area contributed by atoms with Gasteiger partial charge in [-0.15, -0.1) is 0 Å². The van der Waals surface area contributed by atoms with Gasteiger partial charge in [-0.3, -0.25) is 0 Å². The number of halogens is 1. The van der Waals surface area contributed by atoms with Gasteiger partial charge in [-0.2, -0.15) is 0 Å². The van der Waals surface area contributed by atoms with Crippen molar-refractivity contribution in [2.45, 2.75) is 24.7 Å². The first kappa shape index (κ1) is 15.0. The van der Waals surface area contributed by atoms with E-state index in [1.165, 1.54) is 0 Å². The number of aryl methyl sites for hydroxylation is 1. The minimum atomic E-state index is -3.52. The summed E-state index contributed by atoms with van der Waals surface area (Å²) in [6.45, 7) is 2.05. The fourth-order valence-electron chi connectivity index (χ4n) is 1.85. The minimum Gasteiger partial charge on any atom is -0.349 e. The Morgan fingerprint density at radius 1 is 1.40 bits per heavy atom. The molecule has 0 spiro atoms. The first-order chi connectivity index (χ1) is 9.50. The lowest BCUT2D eigenvalue weighted by Crippen LogP contribution is -2.26. The van der Waals surface area contributed by atoms with Crippen LogP contribution in [0.5, 0.6) is 0 Å². The molecule has 0 atom stereocenters. The molecule has 2 rings (SSSR count). The molecule has 1 aromatic heterocycles. The van der Waals surface area contributed by atoms with Gasteiger partial charge in [0.1, 0.15) is 5.82 Å². The summed E-state index contributed by atoms with van der Waals surface area (Å²) >= 11 is 5.94. The number of aromatic nitrogens is 2. The molecule has 20 heavy (non-hydrogen) atoms. The van der Waals surface area contributed by atoms with Gasteiger partial charge in [0.2, 0.25) is 10.0 Å². The highest BCUT2D eigenvalue weighted by Crippen LogP contribution is 2.22. The summed E-state index contributed by atoms with van der Waals surface area (Å²) in [5.74, 6) is 0.850. The molecule has 108 valence electrons. The number of aromatic amines is 1. The van der Waals surface area contributed by atoms with Crippen LogP contribution in [0.15, 0.2) is 35.5 Å². The zero-order chi connectivity index (χ0) is 14.6. The smallest absolute Gasteiger partial charge is 0.240 e.